The molecule has 0 spiro atoms. The van der Waals surface area contributed by atoms with Crippen LogP contribution in [0.15, 0.2) is 60.8 Å². The van der Waals surface area contributed by atoms with Crippen LogP contribution in [0.25, 0.3) is 0 Å². The SMILES string of the molecule is COCCOc1ccc(CNC(=O)Nc2ccc(Oc3ccc(C)cc3OC)nc2)cc1. The van der Waals surface area contributed by atoms with Gasteiger partial charge in [-0.05, 0) is 48.4 Å². The summed E-state index contributed by atoms with van der Waals surface area (Å²) >= 11 is 0. The lowest BCUT2D eigenvalue weighted by Crippen LogP contribution is -2.28. The fraction of sp³-hybridized carbons (Fsp3) is 0.250. The molecule has 1 heterocycles. The van der Waals surface area contributed by atoms with Crippen molar-refractivity contribution < 1.29 is 23.7 Å². The molecule has 3 aromatic rings. The summed E-state index contributed by atoms with van der Waals surface area (Å²) in [5, 5.41) is 5.56. The van der Waals surface area contributed by atoms with Crippen LogP contribution in [0.5, 0.6) is 23.1 Å². The van der Waals surface area contributed by atoms with Crippen molar-refractivity contribution in [2.24, 2.45) is 0 Å². The first kappa shape index (κ1) is 22.9. The Hall–Kier alpha value is -3.78. The third-order valence-corrected chi connectivity index (χ3v) is 4.46. The van der Waals surface area contributed by atoms with Gasteiger partial charge >= 0.3 is 6.03 Å². The number of nitrogens with one attached hydrogen (secondary N) is 2. The van der Waals surface area contributed by atoms with Gasteiger partial charge in [-0.2, -0.15) is 0 Å². The Kier molecular flexibility index (Phi) is 8.28. The summed E-state index contributed by atoms with van der Waals surface area (Å²) in [6.45, 7) is 3.38. The fourth-order valence-corrected chi connectivity index (χ4v) is 2.79. The molecule has 2 N–H and O–H groups in total. The summed E-state index contributed by atoms with van der Waals surface area (Å²) < 4.78 is 21.6. The lowest BCUT2D eigenvalue weighted by atomic mass is 10.2. The molecule has 2 amide bonds. The van der Waals surface area contributed by atoms with Crippen molar-refractivity contribution in [2.45, 2.75) is 13.5 Å². The van der Waals surface area contributed by atoms with Gasteiger partial charge in [-0.1, -0.05) is 18.2 Å². The maximum absolute atomic E-state index is 12.2. The number of urea groups is 1. The van der Waals surface area contributed by atoms with Crippen LogP contribution >= 0.6 is 0 Å². The number of pyridine rings is 1. The molecule has 0 aliphatic carbocycles. The van der Waals surface area contributed by atoms with Crippen LogP contribution < -0.4 is 24.8 Å². The third-order valence-electron chi connectivity index (χ3n) is 4.46. The van der Waals surface area contributed by atoms with Crippen molar-refractivity contribution in [3.05, 3.63) is 71.9 Å². The van der Waals surface area contributed by atoms with E-state index in [1.165, 1.54) is 6.20 Å². The zero-order valence-corrected chi connectivity index (χ0v) is 18.4. The van der Waals surface area contributed by atoms with E-state index in [0.29, 0.717) is 42.8 Å². The first-order valence-electron chi connectivity index (χ1n) is 10.1. The van der Waals surface area contributed by atoms with Gasteiger partial charge in [0.15, 0.2) is 11.5 Å². The maximum atomic E-state index is 12.2. The Balaban J connectivity index is 1.47. The van der Waals surface area contributed by atoms with Crippen molar-refractivity contribution in [1.82, 2.24) is 10.3 Å². The van der Waals surface area contributed by atoms with Gasteiger partial charge in [0.25, 0.3) is 0 Å². The molecule has 0 atom stereocenters. The molecule has 0 saturated heterocycles. The molecule has 0 fully saturated rings. The van der Waals surface area contributed by atoms with E-state index in [2.05, 4.69) is 15.6 Å². The molecule has 32 heavy (non-hydrogen) atoms. The largest absolute Gasteiger partial charge is 0.493 e. The minimum atomic E-state index is -0.332. The third kappa shape index (κ3) is 6.88. The highest BCUT2D eigenvalue weighted by Crippen LogP contribution is 2.31. The smallest absolute Gasteiger partial charge is 0.319 e. The number of carbonyl (C=O) groups is 1. The minimum absolute atomic E-state index is 0.332. The van der Waals surface area contributed by atoms with E-state index in [1.807, 2.05) is 49.4 Å². The molecule has 2 aromatic carbocycles. The quantitative estimate of drug-likeness (QED) is 0.453. The van der Waals surface area contributed by atoms with E-state index in [4.69, 9.17) is 18.9 Å². The first-order chi connectivity index (χ1) is 15.6. The molecule has 168 valence electrons. The van der Waals surface area contributed by atoms with Gasteiger partial charge in [-0.25, -0.2) is 9.78 Å². The summed E-state index contributed by atoms with van der Waals surface area (Å²) in [7, 11) is 3.22. The molecule has 0 unspecified atom stereocenters. The number of hydrogen-bond donors (Lipinski definition) is 2. The molecule has 8 nitrogen and oxygen atoms in total. The summed E-state index contributed by atoms with van der Waals surface area (Å²) in [5.41, 5.74) is 2.57. The average molecular weight is 437 g/mol. The molecule has 0 aliphatic heterocycles. The Labute approximate surface area is 187 Å². The number of hydrogen-bond acceptors (Lipinski definition) is 6. The van der Waals surface area contributed by atoms with E-state index >= 15 is 0 Å². The molecule has 1 aromatic heterocycles. The van der Waals surface area contributed by atoms with Crippen LogP contribution in [0, 0.1) is 6.92 Å². The van der Waals surface area contributed by atoms with Gasteiger partial charge in [0, 0.05) is 19.7 Å². The van der Waals surface area contributed by atoms with Crippen LogP contribution in [0.1, 0.15) is 11.1 Å². The minimum Gasteiger partial charge on any atom is -0.493 e. The Morgan fingerprint density at radius 2 is 1.78 bits per heavy atom. The maximum Gasteiger partial charge on any atom is 0.319 e. The van der Waals surface area contributed by atoms with Crippen molar-refractivity contribution in [3.8, 4) is 23.1 Å². The number of methoxy groups -OCH3 is 2. The molecule has 0 bridgehead atoms. The summed E-state index contributed by atoms with van der Waals surface area (Å²) in [6.07, 6.45) is 1.53. The van der Waals surface area contributed by atoms with Crippen LogP contribution in [-0.2, 0) is 11.3 Å². The molecular formula is C24H27N3O5. The number of amides is 2. The summed E-state index contributed by atoms with van der Waals surface area (Å²) in [6, 6.07) is 16.2. The molecule has 8 heteroatoms. The second-order valence-electron chi connectivity index (χ2n) is 6.93. The highest BCUT2D eigenvalue weighted by molar-refractivity contribution is 5.89. The molecule has 0 aliphatic rings. The molecule has 0 radical (unpaired) electrons. The van der Waals surface area contributed by atoms with Gasteiger partial charge in [0.2, 0.25) is 5.88 Å². The van der Waals surface area contributed by atoms with Crippen molar-refractivity contribution >= 4 is 11.7 Å². The second kappa shape index (κ2) is 11.6. The molecule has 3 rings (SSSR count). The van der Waals surface area contributed by atoms with Gasteiger partial charge in [0.05, 0.1) is 25.6 Å². The molecular weight excluding hydrogens is 410 g/mol. The van der Waals surface area contributed by atoms with Crippen LogP contribution in [0.2, 0.25) is 0 Å². The number of aromatic nitrogens is 1. The first-order valence-corrected chi connectivity index (χ1v) is 10.1. The standard InChI is InChI=1S/C24H27N3O5/c1-17-4-10-21(22(14-17)30-3)32-23-11-7-19(16-25-23)27-24(28)26-15-18-5-8-20(9-6-18)31-13-12-29-2/h4-11,14,16H,12-13,15H2,1-3H3,(H2,26,27,28). The predicted octanol–water partition coefficient (Wildman–Crippen LogP) is 4.54. The van der Waals surface area contributed by atoms with E-state index < -0.39 is 0 Å². The lowest BCUT2D eigenvalue weighted by molar-refractivity contribution is 0.146. The number of rotatable bonds is 10. The number of anilines is 1. The monoisotopic (exact) mass is 437 g/mol. The number of carbonyl (C=O) groups excluding carboxylic acids is 1. The highest BCUT2D eigenvalue weighted by atomic mass is 16.5. The van der Waals surface area contributed by atoms with Crippen molar-refractivity contribution in [2.75, 3.05) is 32.8 Å². The van der Waals surface area contributed by atoms with Gasteiger partial charge in [-0.3, -0.25) is 0 Å². The number of benzene rings is 2. The highest BCUT2D eigenvalue weighted by Gasteiger charge is 2.08. The zero-order valence-electron chi connectivity index (χ0n) is 18.4. The molecule has 0 saturated carbocycles. The van der Waals surface area contributed by atoms with Crippen molar-refractivity contribution in [1.29, 1.82) is 0 Å². The number of ether oxygens (including phenoxy) is 4. The van der Waals surface area contributed by atoms with Crippen LogP contribution in [0.3, 0.4) is 0 Å². The van der Waals surface area contributed by atoms with Gasteiger partial charge in [-0.15, -0.1) is 0 Å². The predicted molar refractivity (Wildman–Crippen MR) is 122 cm³/mol. The fourth-order valence-electron chi connectivity index (χ4n) is 2.79. The topological polar surface area (TPSA) is 90.9 Å². The normalized spacial score (nSPS) is 10.3. The van der Waals surface area contributed by atoms with Gasteiger partial charge < -0.3 is 29.6 Å². The van der Waals surface area contributed by atoms with Crippen LogP contribution in [-0.4, -0.2) is 38.4 Å². The zero-order chi connectivity index (χ0) is 22.8. The second-order valence-corrected chi connectivity index (χ2v) is 6.93. The van der Waals surface area contributed by atoms with E-state index in [1.54, 1.807) is 26.4 Å². The lowest BCUT2D eigenvalue weighted by Gasteiger charge is -2.11. The van der Waals surface area contributed by atoms with E-state index in [-0.39, 0.29) is 6.03 Å². The van der Waals surface area contributed by atoms with Crippen LogP contribution in [0.4, 0.5) is 10.5 Å². The summed E-state index contributed by atoms with van der Waals surface area (Å²) in [5.74, 6) is 2.35. The Bertz CT molecular complexity index is 1010. The number of nitrogens with zero attached hydrogens (tertiary/aromatic N) is 1. The van der Waals surface area contributed by atoms with Gasteiger partial charge in [0.1, 0.15) is 12.4 Å². The van der Waals surface area contributed by atoms with Crippen molar-refractivity contribution in [3.63, 3.8) is 0 Å². The van der Waals surface area contributed by atoms with E-state index in [0.717, 1.165) is 16.9 Å². The Morgan fingerprint density at radius 1 is 0.969 bits per heavy atom. The number of aryl methyl sites for hydroxylation is 1. The average Bonchev–Trinajstić information content (AvgIpc) is 2.81. The summed E-state index contributed by atoms with van der Waals surface area (Å²) in [4.78, 5) is 16.4. The Morgan fingerprint density at radius 3 is 2.47 bits per heavy atom. The van der Waals surface area contributed by atoms with E-state index in [9.17, 15) is 4.79 Å².